The highest BCUT2D eigenvalue weighted by Crippen LogP contribution is 2.27. The Morgan fingerprint density at radius 2 is 1.86 bits per heavy atom. The lowest BCUT2D eigenvalue weighted by molar-refractivity contribution is -0.146. The number of rotatable bonds is 10. The number of carbonyl (C=O) groups is 5. The molecule has 0 saturated heterocycles. The second-order valence-electron chi connectivity index (χ2n) is 7.48. The number of carboxylic acids is 1. The molecule has 0 radical (unpaired) electrons. The van der Waals surface area contributed by atoms with Crippen molar-refractivity contribution >= 4 is 41.7 Å². The molecule has 4 N–H and O–H groups in total. The van der Waals surface area contributed by atoms with Crippen molar-refractivity contribution in [3.05, 3.63) is 64.5 Å². The minimum Gasteiger partial charge on any atom is -0.478 e. The average molecular weight is 514 g/mol. The van der Waals surface area contributed by atoms with E-state index < -0.39 is 36.6 Å². The maximum absolute atomic E-state index is 13.2. The lowest BCUT2D eigenvalue weighted by Crippen LogP contribution is -2.40. The summed E-state index contributed by atoms with van der Waals surface area (Å²) in [5.41, 5.74) is 4.49. The van der Waals surface area contributed by atoms with Crippen LogP contribution in [0.1, 0.15) is 44.5 Å². The molecule has 0 spiro atoms. The molecule has 2 aromatic rings. The smallest absolute Gasteiger partial charge is 0.423 e. The summed E-state index contributed by atoms with van der Waals surface area (Å²) in [7, 11) is 1.55. The molecule has 0 atom stereocenters. The number of carbonyl (C=O) groups excluding carboxylic acids is 4. The third-order valence-electron chi connectivity index (χ3n) is 5.09. The Morgan fingerprint density at radius 1 is 1.16 bits per heavy atom. The molecule has 0 fully saturated rings. The summed E-state index contributed by atoms with van der Waals surface area (Å²) in [6.45, 7) is 4.49. The molecule has 13 heteroatoms. The van der Waals surface area contributed by atoms with Crippen LogP contribution < -0.4 is 15.6 Å². The predicted octanol–water partition coefficient (Wildman–Crippen LogP) is 1.95. The monoisotopic (exact) mass is 513 g/mol. The molecule has 1 aromatic heterocycles. The van der Waals surface area contributed by atoms with E-state index in [1.165, 1.54) is 16.9 Å². The van der Waals surface area contributed by atoms with E-state index in [0.717, 1.165) is 4.90 Å². The molecule has 0 unspecified atom stereocenters. The van der Waals surface area contributed by atoms with Crippen molar-refractivity contribution in [2.24, 2.45) is 0 Å². The van der Waals surface area contributed by atoms with Crippen molar-refractivity contribution < 1.29 is 38.6 Å². The Morgan fingerprint density at radius 3 is 2.46 bits per heavy atom. The van der Waals surface area contributed by atoms with Crippen LogP contribution in [0, 0.1) is 19.3 Å². The molecule has 1 heterocycles. The van der Waals surface area contributed by atoms with Gasteiger partial charge in [-0.3, -0.25) is 19.7 Å². The third kappa shape index (κ3) is 6.81. The standard InChI is InChI=1S/C24H27N5O8/c1-5-27-23(34)16-7-6-14(2)18(10-16)29(24(35)37-13-36-20(33)9-8-19(31)32)22(25)21-15(3)17(12-30)11-28(21)26-4/h6-12,25-26H,5,13H2,1-4H3,(H,27,34)(H,31,32)/b9-8+,25-22?. The highest BCUT2D eigenvalue weighted by atomic mass is 16.7. The van der Waals surface area contributed by atoms with E-state index in [4.69, 9.17) is 20.0 Å². The van der Waals surface area contributed by atoms with Crippen LogP contribution in [-0.4, -0.2) is 66.2 Å². The number of nitrogens with one attached hydrogen (secondary N) is 3. The molecule has 0 saturated carbocycles. The van der Waals surface area contributed by atoms with Crippen molar-refractivity contribution in [1.29, 1.82) is 5.41 Å². The number of amides is 2. The Bertz CT molecular complexity index is 1260. The number of amidine groups is 1. The van der Waals surface area contributed by atoms with Gasteiger partial charge < -0.3 is 25.3 Å². The largest absolute Gasteiger partial charge is 0.478 e. The Balaban J connectivity index is 2.51. The minimum absolute atomic E-state index is 0.131. The van der Waals surface area contributed by atoms with Gasteiger partial charge in [-0.25, -0.2) is 19.3 Å². The van der Waals surface area contributed by atoms with E-state index in [1.807, 2.05) is 0 Å². The molecule has 0 aliphatic rings. The second kappa shape index (κ2) is 12.7. The van der Waals surface area contributed by atoms with Crippen molar-refractivity contribution in [1.82, 2.24) is 9.99 Å². The molecule has 0 bridgehead atoms. The molecular formula is C24H27N5O8. The SMILES string of the molecule is CCNC(=O)c1ccc(C)c(N(C(=N)c2c(C)c(C=O)cn2NC)C(=O)OCOC(=O)/C=C/C(=O)O)c1. The first-order valence-corrected chi connectivity index (χ1v) is 10.9. The molecule has 13 nitrogen and oxygen atoms in total. The zero-order chi connectivity index (χ0) is 27.7. The summed E-state index contributed by atoms with van der Waals surface area (Å²) in [6, 6.07) is 4.55. The van der Waals surface area contributed by atoms with E-state index in [1.54, 1.807) is 40.0 Å². The highest BCUT2D eigenvalue weighted by Gasteiger charge is 2.30. The third-order valence-corrected chi connectivity index (χ3v) is 5.09. The van der Waals surface area contributed by atoms with E-state index in [9.17, 15) is 24.0 Å². The summed E-state index contributed by atoms with van der Waals surface area (Å²) in [6.07, 6.45) is 2.12. The maximum atomic E-state index is 13.2. The molecular weight excluding hydrogens is 486 g/mol. The first-order valence-electron chi connectivity index (χ1n) is 10.9. The lowest BCUT2D eigenvalue weighted by atomic mass is 10.1. The molecule has 37 heavy (non-hydrogen) atoms. The van der Waals surface area contributed by atoms with E-state index in [2.05, 4.69) is 10.7 Å². The number of carboxylic acid groups (broad SMARTS) is 1. The van der Waals surface area contributed by atoms with Gasteiger partial charge in [0.15, 0.2) is 12.1 Å². The van der Waals surface area contributed by atoms with Gasteiger partial charge in [-0.05, 0) is 44.0 Å². The Labute approximate surface area is 212 Å². The molecule has 1 aromatic carbocycles. The zero-order valence-corrected chi connectivity index (χ0v) is 20.7. The van der Waals surface area contributed by atoms with Gasteiger partial charge in [0, 0.05) is 43.1 Å². The molecule has 2 rings (SSSR count). The number of hydrogen-bond donors (Lipinski definition) is 4. The van der Waals surface area contributed by atoms with Gasteiger partial charge >= 0.3 is 18.0 Å². The molecule has 2 amide bonds. The summed E-state index contributed by atoms with van der Waals surface area (Å²) in [4.78, 5) is 60.1. The van der Waals surface area contributed by atoms with Gasteiger partial charge in [0.1, 0.15) is 5.69 Å². The van der Waals surface area contributed by atoms with Crippen molar-refractivity contribution in [2.45, 2.75) is 20.8 Å². The predicted molar refractivity (Wildman–Crippen MR) is 133 cm³/mol. The first-order chi connectivity index (χ1) is 17.5. The van der Waals surface area contributed by atoms with Crippen molar-refractivity contribution in [3.8, 4) is 0 Å². The highest BCUT2D eigenvalue weighted by molar-refractivity contribution is 6.21. The van der Waals surface area contributed by atoms with Crippen LogP contribution in [0.5, 0.6) is 0 Å². The Hall–Kier alpha value is -4.94. The number of nitrogens with zero attached hydrogens (tertiary/aromatic N) is 2. The quantitative estimate of drug-likeness (QED) is 0.0922. The van der Waals surface area contributed by atoms with Crippen LogP contribution in [-0.2, 0) is 19.1 Å². The summed E-state index contributed by atoms with van der Waals surface area (Å²) in [5, 5.41) is 20.1. The maximum Gasteiger partial charge on any atom is 0.423 e. The number of esters is 1. The summed E-state index contributed by atoms with van der Waals surface area (Å²) < 4.78 is 11.1. The van der Waals surface area contributed by atoms with Crippen LogP contribution in [0.25, 0.3) is 0 Å². The number of hydrogen-bond acceptors (Lipinski definition) is 9. The average Bonchev–Trinajstić information content (AvgIpc) is 3.19. The van der Waals surface area contributed by atoms with Gasteiger partial charge in [0.2, 0.25) is 6.79 Å². The second-order valence-corrected chi connectivity index (χ2v) is 7.48. The normalized spacial score (nSPS) is 10.5. The van der Waals surface area contributed by atoms with E-state index >= 15 is 0 Å². The van der Waals surface area contributed by atoms with Crippen molar-refractivity contribution in [2.75, 3.05) is 30.7 Å². The lowest BCUT2D eigenvalue weighted by Gasteiger charge is -2.26. The molecule has 0 aliphatic heterocycles. The fourth-order valence-electron chi connectivity index (χ4n) is 3.26. The van der Waals surface area contributed by atoms with Crippen LogP contribution in [0.4, 0.5) is 10.5 Å². The minimum atomic E-state index is -1.37. The first kappa shape index (κ1) is 28.3. The van der Waals surface area contributed by atoms with E-state index in [0.29, 0.717) is 36.1 Å². The number of aryl methyl sites for hydroxylation is 1. The molecule has 0 aliphatic carbocycles. The zero-order valence-electron chi connectivity index (χ0n) is 20.7. The van der Waals surface area contributed by atoms with Gasteiger partial charge in [-0.1, -0.05) is 6.07 Å². The van der Waals surface area contributed by atoms with Crippen LogP contribution in [0.2, 0.25) is 0 Å². The number of benzene rings is 1. The van der Waals surface area contributed by atoms with Crippen LogP contribution in [0.15, 0.2) is 36.5 Å². The topological polar surface area (TPSA) is 180 Å². The number of aldehydes is 1. The Kier molecular flexibility index (Phi) is 9.69. The van der Waals surface area contributed by atoms with Gasteiger partial charge in [0.05, 0.1) is 5.69 Å². The summed E-state index contributed by atoms with van der Waals surface area (Å²) in [5.74, 6) is -3.24. The molecule has 196 valence electrons. The number of aromatic nitrogens is 1. The number of anilines is 1. The van der Waals surface area contributed by atoms with Gasteiger partial charge in [-0.2, -0.15) is 0 Å². The van der Waals surface area contributed by atoms with Gasteiger partial charge in [0.25, 0.3) is 5.91 Å². The summed E-state index contributed by atoms with van der Waals surface area (Å²) >= 11 is 0. The van der Waals surface area contributed by atoms with Crippen LogP contribution in [0.3, 0.4) is 0 Å². The fraction of sp³-hybridized carbons (Fsp3) is 0.250. The van der Waals surface area contributed by atoms with Crippen LogP contribution >= 0.6 is 0 Å². The fourth-order valence-corrected chi connectivity index (χ4v) is 3.26. The van der Waals surface area contributed by atoms with E-state index in [-0.39, 0.29) is 22.5 Å². The number of ether oxygens (including phenoxy) is 2. The number of aliphatic carboxylic acids is 1. The van der Waals surface area contributed by atoms with Gasteiger partial charge in [-0.15, -0.1) is 0 Å². The van der Waals surface area contributed by atoms with Crippen molar-refractivity contribution in [3.63, 3.8) is 0 Å².